The molecule has 0 saturated carbocycles. The van der Waals surface area contributed by atoms with Crippen molar-refractivity contribution in [3.05, 3.63) is 31.1 Å². The fourth-order valence-electron chi connectivity index (χ4n) is 1.33. The van der Waals surface area contributed by atoms with Gasteiger partial charge in [-0.25, -0.2) is 0 Å². The molecule has 0 unspecified atom stereocenters. The third-order valence-corrected chi connectivity index (χ3v) is 5.07. The van der Waals surface area contributed by atoms with E-state index in [9.17, 15) is 0 Å². The fourth-order valence-corrected chi connectivity index (χ4v) is 3.83. The first-order valence-electron chi connectivity index (χ1n) is 4.07. The number of thiophene rings is 1. The van der Waals surface area contributed by atoms with E-state index in [-0.39, 0.29) is 0 Å². The van der Waals surface area contributed by atoms with Gasteiger partial charge in [-0.2, -0.15) is 0 Å². The van der Waals surface area contributed by atoms with Gasteiger partial charge in [0, 0.05) is 23.5 Å². The van der Waals surface area contributed by atoms with E-state index in [0.717, 1.165) is 6.42 Å². The molecule has 0 radical (unpaired) electrons. The van der Waals surface area contributed by atoms with Crippen LogP contribution in [0.25, 0.3) is 10.1 Å². The Morgan fingerprint density at radius 1 is 1.46 bits per heavy atom. The molecule has 1 aromatic heterocycles. The third-order valence-electron chi connectivity index (χ3n) is 2.08. The molecule has 0 fully saturated rings. The molecular weight excluding hydrogens is 359 g/mol. The molecule has 0 N–H and O–H groups in total. The Morgan fingerprint density at radius 3 is 2.92 bits per heavy atom. The molecule has 2 rings (SSSR count). The van der Waals surface area contributed by atoms with E-state index in [1.807, 2.05) is 11.3 Å². The molecule has 13 heavy (non-hydrogen) atoms. The van der Waals surface area contributed by atoms with Crippen molar-refractivity contribution in [3.8, 4) is 0 Å². The van der Waals surface area contributed by atoms with Crippen LogP contribution < -0.4 is 0 Å². The summed E-state index contributed by atoms with van der Waals surface area (Å²) >= 11 is 7.80. The second kappa shape index (κ2) is 3.87. The maximum atomic E-state index is 3.60. The minimum absolute atomic E-state index is 1.09. The Labute approximate surface area is 104 Å². The van der Waals surface area contributed by atoms with E-state index >= 15 is 0 Å². The van der Waals surface area contributed by atoms with E-state index in [0.29, 0.717) is 0 Å². The molecule has 2 aromatic rings. The highest BCUT2D eigenvalue weighted by Crippen LogP contribution is 2.32. The van der Waals surface area contributed by atoms with Gasteiger partial charge in [0.05, 0.1) is 0 Å². The quantitative estimate of drug-likeness (QED) is 0.634. The second-order valence-electron chi connectivity index (χ2n) is 2.88. The van der Waals surface area contributed by atoms with Gasteiger partial charge in [-0.15, -0.1) is 11.3 Å². The molecule has 0 amide bonds. The average molecular weight is 367 g/mol. The zero-order valence-corrected chi connectivity index (χ0v) is 11.7. The van der Waals surface area contributed by atoms with Gasteiger partial charge in [0.2, 0.25) is 0 Å². The minimum Gasteiger partial charge on any atom is -0.143 e. The first kappa shape index (κ1) is 9.93. The molecule has 0 bridgehead atoms. The molecule has 0 spiro atoms. The van der Waals surface area contributed by atoms with Crippen molar-refractivity contribution in [2.45, 2.75) is 13.3 Å². The maximum absolute atomic E-state index is 3.60. The summed E-state index contributed by atoms with van der Waals surface area (Å²) in [6.07, 6.45) is 1.09. The van der Waals surface area contributed by atoms with Crippen molar-refractivity contribution >= 4 is 59.9 Å². The van der Waals surface area contributed by atoms with Crippen molar-refractivity contribution in [2.24, 2.45) is 0 Å². The van der Waals surface area contributed by atoms with Crippen LogP contribution in [0.2, 0.25) is 0 Å². The van der Waals surface area contributed by atoms with Gasteiger partial charge in [-0.3, -0.25) is 0 Å². The SMILES string of the molecule is CCc1cc2scc(I)c2cc1Br. The lowest BCUT2D eigenvalue weighted by molar-refractivity contribution is 1.13. The summed E-state index contributed by atoms with van der Waals surface area (Å²) in [4.78, 5) is 0. The van der Waals surface area contributed by atoms with Crippen molar-refractivity contribution in [2.75, 3.05) is 0 Å². The number of rotatable bonds is 1. The summed E-state index contributed by atoms with van der Waals surface area (Å²) in [6, 6.07) is 4.51. The van der Waals surface area contributed by atoms with E-state index in [1.165, 1.54) is 23.7 Å². The molecule has 0 aliphatic heterocycles. The molecule has 0 aliphatic rings. The number of benzene rings is 1. The van der Waals surface area contributed by atoms with Crippen molar-refractivity contribution < 1.29 is 0 Å². The predicted octanol–water partition coefficient (Wildman–Crippen LogP) is 4.83. The van der Waals surface area contributed by atoms with Gasteiger partial charge < -0.3 is 0 Å². The fraction of sp³-hybridized carbons (Fsp3) is 0.200. The monoisotopic (exact) mass is 366 g/mol. The minimum atomic E-state index is 1.09. The van der Waals surface area contributed by atoms with Crippen molar-refractivity contribution in [1.82, 2.24) is 0 Å². The molecule has 0 aliphatic carbocycles. The molecular formula is C10H8BrIS. The third kappa shape index (κ3) is 1.78. The van der Waals surface area contributed by atoms with Crippen LogP contribution in [0.3, 0.4) is 0 Å². The highest BCUT2D eigenvalue weighted by Gasteiger charge is 2.05. The molecule has 0 nitrogen and oxygen atoms in total. The Bertz CT molecular complexity index is 447. The van der Waals surface area contributed by atoms with Gasteiger partial charge >= 0.3 is 0 Å². The van der Waals surface area contributed by atoms with Crippen LogP contribution in [0.5, 0.6) is 0 Å². The van der Waals surface area contributed by atoms with Crippen LogP contribution in [0.4, 0.5) is 0 Å². The maximum Gasteiger partial charge on any atom is 0.0357 e. The molecule has 1 heterocycles. The average Bonchev–Trinajstić information content (AvgIpc) is 2.47. The van der Waals surface area contributed by atoms with Crippen molar-refractivity contribution in [3.63, 3.8) is 0 Å². The summed E-state index contributed by atoms with van der Waals surface area (Å²) in [5.74, 6) is 0. The predicted molar refractivity (Wildman–Crippen MR) is 71.6 cm³/mol. The standard InChI is InChI=1S/C10H8BrIS/c1-2-6-3-10-7(4-8(6)11)9(12)5-13-10/h3-5H,2H2,1H3. The second-order valence-corrected chi connectivity index (χ2v) is 5.80. The van der Waals surface area contributed by atoms with E-state index in [2.05, 4.69) is 63.0 Å². The summed E-state index contributed by atoms with van der Waals surface area (Å²) in [5.41, 5.74) is 1.39. The summed E-state index contributed by atoms with van der Waals surface area (Å²) < 4.78 is 3.98. The Hall–Kier alpha value is 0.390. The number of aryl methyl sites for hydroxylation is 1. The highest BCUT2D eigenvalue weighted by molar-refractivity contribution is 14.1. The van der Waals surface area contributed by atoms with Crippen LogP contribution in [0, 0.1) is 3.57 Å². The van der Waals surface area contributed by atoms with Gasteiger partial charge in [0.25, 0.3) is 0 Å². The van der Waals surface area contributed by atoms with Crippen LogP contribution >= 0.6 is 49.9 Å². The van der Waals surface area contributed by atoms with Crippen molar-refractivity contribution in [1.29, 1.82) is 0 Å². The number of hydrogen-bond acceptors (Lipinski definition) is 1. The molecule has 0 saturated heterocycles. The Kier molecular flexibility index (Phi) is 2.95. The van der Waals surface area contributed by atoms with E-state index in [4.69, 9.17) is 0 Å². The lowest BCUT2D eigenvalue weighted by atomic mass is 10.1. The summed E-state index contributed by atoms with van der Waals surface area (Å²) in [6.45, 7) is 2.19. The number of fused-ring (bicyclic) bond motifs is 1. The van der Waals surface area contributed by atoms with Gasteiger partial charge in [0.15, 0.2) is 0 Å². The van der Waals surface area contributed by atoms with Gasteiger partial charge in [-0.1, -0.05) is 22.9 Å². The summed E-state index contributed by atoms with van der Waals surface area (Å²) in [7, 11) is 0. The number of halogens is 2. The van der Waals surface area contributed by atoms with Crippen LogP contribution in [0.15, 0.2) is 22.0 Å². The summed E-state index contributed by atoms with van der Waals surface area (Å²) in [5, 5.41) is 3.58. The van der Waals surface area contributed by atoms with Crippen LogP contribution in [-0.4, -0.2) is 0 Å². The molecule has 0 atom stereocenters. The number of hydrogen-bond donors (Lipinski definition) is 0. The van der Waals surface area contributed by atoms with E-state index < -0.39 is 0 Å². The molecule has 68 valence electrons. The Morgan fingerprint density at radius 2 is 2.23 bits per heavy atom. The largest absolute Gasteiger partial charge is 0.143 e. The molecule has 1 aromatic carbocycles. The smallest absolute Gasteiger partial charge is 0.0357 e. The molecule has 3 heteroatoms. The Balaban J connectivity index is 2.76. The first-order chi connectivity index (χ1) is 6.22. The lowest BCUT2D eigenvalue weighted by Crippen LogP contribution is -1.81. The van der Waals surface area contributed by atoms with Crippen LogP contribution in [0.1, 0.15) is 12.5 Å². The zero-order chi connectivity index (χ0) is 9.42. The van der Waals surface area contributed by atoms with Gasteiger partial charge in [-0.05, 0) is 46.7 Å². The zero-order valence-electron chi connectivity index (χ0n) is 7.10. The topological polar surface area (TPSA) is 0 Å². The van der Waals surface area contributed by atoms with Crippen LogP contribution in [-0.2, 0) is 6.42 Å². The van der Waals surface area contributed by atoms with Gasteiger partial charge in [0.1, 0.15) is 0 Å². The highest BCUT2D eigenvalue weighted by atomic mass is 127. The normalized spacial score (nSPS) is 11.0. The van der Waals surface area contributed by atoms with E-state index in [1.54, 1.807) is 0 Å². The lowest BCUT2D eigenvalue weighted by Gasteiger charge is -2.01. The first-order valence-corrected chi connectivity index (χ1v) is 6.82.